The monoisotopic (exact) mass is 355 g/mol. The fourth-order valence-electron chi connectivity index (χ4n) is 5.00. The van der Waals surface area contributed by atoms with E-state index < -0.39 is 0 Å². The lowest BCUT2D eigenvalue weighted by Crippen LogP contribution is -2.53. The van der Waals surface area contributed by atoms with Crippen molar-refractivity contribution in [1.82, 2.24) is 25.1 Å². The molecule has 6 nitrogen and oxygen atoms in total. The fraction of sp³-hybridized carbons (Fsp3) is 0.650. The van der Waals surface area contributed by atoms with E-state index in [2.05, 4.69) is 58.8 Å². The van der Waals surface area contributed by atoms with E-state index in [0.717, 1.165) is 30.8 Å². The fourth-order valence-corrected chi connectivity index (χ4v) is 5.00. The van der Waals surface area contributed by atoms with Gasteiger partial charge in [0, 0.05) is 29.3 Å². The van der Waals surface area contributed by atoms with Gasteiger partial charge < -0.3 is 10.3 Å². The molecule has 3 unspecified atom stereocenters. The van der Waals surface area contributed by atoms with Crippen LogP contribution in [-0.4, -0.2) is 25.7 Å². The van der Waals surface area contributed by atoms with E-state index in [4.69, 9.17) is 0 Å². The lowest BCUT2D eigenvalue weighted by molar-refractivity contribution is -0.133. The second-order valence-corrected chi connectivity index (χ2v) is 8.56. The zero-order valence-corrected chi connectivity index (χ0v) is 16.1. The molecule has 0 radical (unpaired) electrons. The maximum atomic E-state index is 13.0. The lowest BCUT2D eigenvalue weighted by atomic mass is 9.58. The molecular formula is C20H29N5O. The van der Waals surface area contributed by atoms with Crippen LogP contribution >= 0.6 is 0 Å². The van der Waals surface area contributed by atoms with Crippen LogP contribution in [-0.2, 0) is 16.8 Å². The molecule has 2 N–H and O–H groups in total. The summed E-state index contributed by atoms with van der Waals surface area (Å²) in [6, 6.07) is 2.43. The van der Waals surface area contributed by atoms with E-state index >= 15 is 0 Å². The number of hydrogen-bond acceptors (Lipinski definition) is 3. The largest absolute Gasteiger partial charge is 0.350 e. The number of aromatic nitrogens is 4. The molecule has 2 heterocycles. The van der Waals surface area contributed by atoms with Gasteiger partial charge >= 0.3 is 0 Å². The predicted molar refractivity (Wildman–Crippen MR) is 99.6 cm³/mol. The molecule has 0 aromatic carbocycles. The van der Waals surface area contributed by atoms with E-state index in [0.29, 0.717) is 24.4 Å². The van der Waals surface area contributed by atoms with Crippen molar-refractivity contribution in [2.75, 3.05) is 0 Å². The van der Waals surface area contributed by atoms with Crippen LogP contribution in [0.3, 0.4) is 0 Å². The van der Waals surface area contributed by atoms with Crippen molar-refractivity contribution < 1.29 is 4.79 Å². The van der Waals surface area contributed by atoms with Crippen LogP contribution in [0, 0.1) is 11.8 Å². The highest BCUT2D eigenvalue weighted by atomic mass is 16.2. The molecule has 140 valence electrons. The van der Waals surface area contributed by atoms with Gasteiger partial charge in [-0.05, 0) is 45.1 Å². The average molecular weight is 355 g/mol. The van der Waals surface area contributed by atoms with Crippen molar-refractivity contribution in [3.63, 3.8) is 0 Å². The van der Waals surface area contributed by atoms with Crippen LogP contribution in [0.25, 0.3) is 0 Å². The molecule has 2 bridgehead atoms. The van der Waals surface area contributed by atoms with E-state index in [9.17, 15) is 4.79 Å². The summed E-state index contributed by atoms with van der Waals surface area (Å²) in [5.41, 5.74) is 2.19. The second-order valence-electron chi connectivity index (χ2n) is 8.56. The third-order valence-electron chi connectivity index (χ3n) is 6.25. The topological polar surface area (TPSA) is 75.6 Å². The molecule has 2 aromatic heterocycles. The summed E-state index contributed by atoms with van der Waals surface area (Å²) < 4.78 is 2.10. The third-order valence-corrected chi connectivity index (χ3v) is 6.25. The Kier molecular flexibility index (Phi) is 4.16. The lowest BCUT2D eigenvalue weighted by Gasteiger charge is -2.46. The highest BCUT2D eigenvalue weighted by Gasteiger charge is 2.63. The summed E-state index contributed by atoms with van der Waals surface area (Å²) in [5.74, 6) is 2.09. The predicted octanol–water partition coefficient (Wildman–Crippen LogP) is 3.29. The van der Waals surface area contributed by atoms with Crippen molar-refractivity contribution >= 4 is 5.91 Å². The second kappa shape index (κ2) is 6.25. The molecule has 26 heavy (non-hydrogen) atoms. The Morgan fingerprint density at radius 1 is 1.42 bits per heavy atom. The Hall–Kier alpha value is -2.11. The normalized spacial score (nSPS) is 27.2. The van der Waals surface area contributed by atoms with Crippen LogP contribution in [0.2, 0.25) is 0 Å². The number of rotatable bonds is 6. The number of H-pyrrole nitrogens is 1. The van der Waals surface area contributed by atoms with E-state index in [1.165, 1.54) is 5.69 Å². The Morgan fingerprint density at radius 3 is 2.88 bits per heavy atom. The quantitative estimate of drug-likeness (QED) is 0.835. The number of nitrogens with zero attached hydrogens (tertiary/aromatic N) is 3. The van der Waals surface area contributed by atoms with Gasteiger partial charge in [-0.1, -0.05) is 13.8 Å². The number of carbonyl (C=O) groups excluding carboxylic acids is 1. The summed E-state index contributed by atoms with van der Waals surface area (Å²) in [5, 5.41) is 7.66. The van der Waals surface area contributed by atoms with Gasteiger partial charge in [0.25, 0.3) is 0 Å². The summed E-state index contributed by atoms with van der Waals surface area (Å²) >= 11 is 0. The van der Waals surface area contributed by atoms with Crippen molar-refractivity contribution in [2.24, 2.45) is 11.8 Å². The summed E-state index contributed by atoms with van der Waals surface area (Å²) in [4.78, 5) is 20.7. The van der Waals surface area contributed by atoms with E-state index in [1.807, 2.05) is 12.4 Å². The molecule has 1 amide bonds. The molecule has 0 spiro atoms. The van der Waals surface area contributed by atoms with Crippen LogP contribution < -0.4 is 5.32 Å². The zero-order valence-electron chi connectivity index (χ0n) is 16.1. The molecule has 5 rings (SSSR count). The van der Waals surface area contributed by atoms with Crippen molar-refractivity contribution in [3.8, 4) is 0 Å². The first-order valence-corrected chi connectivity index (χ1v) is 9.78. The van der Waals surface area contributed by atoms with Crippen molar-refractivity contribution in [1.29, 1.82) is 0 Å². The van der Waals surface area contributed by atoms with Gasteiger partial charge in [-0.15, -0.1) is 0 Å². The summed E-state index contributed by atoms with van der Waals surface area (Å²) in [7, 11) is 0. The molecule has 3 saturated carbocycles. The van der Waals surface area contributed by atoms with Crippen molar-refractivity contribution in [2.45, 2.75) is 70.9 Å². The molecule has 2 aromatic rings. The highest BCUT2D eigenvalue weighted by Crippen LogP contribution is 2.64. The van der Waals surface area contributed by atoms with Gasteiger partial charge in [0.1, 0.15) is 5.82 Å². The van der Waals surface area contributed by atoms with Gasteiger partial charge in [0.15, 0.2) is 0 Å². The molecule has 3 aliphatic rings. The Balaban J connectivity index is 1.48. The average Bonchev–Trinajstić information content (AvgIpc) is 3.34. The highest BCUT2D eigenvalue weighted by molar-refractivity contribution is 5.82. The molecule has 6 heteroatoms. The Labute approximate surface area is 154 Å². The summed E-state index contributed by atoms with van der Waals surface area (Å²) in [6.07, 6.45) is 7.06. The SMILES string of the molecule is CC(C)c1ncc(CNC(=O)C2C3CCC2(c2ccnn2C(C)C)C3)[nH]1. The van der Waals surface area contributed by atoms with Crippen LogP contribution in [0.15, 0.2) is 18.5 Å². The molecule has 3 fully saturated rings. The number of imidazole rings is 1. The standard InChI is InChI=1S/C20H29N5O/c1-12(2)18-21-10-15(24-18)11-22-19(26)17-14-5-7-20(17,9-14)16-6-8-23-25(16)13(3)4/h6,8,10,12-14,17H,5,7,9,11H2,1-4H3,(H,21,24)(H,22,26). The van der Waals surface area contributed by atoms with Crippen LogP contribution in [0.4, 0.5) is 0 Å². The minimum atomic E-state index is -0.0212. The first-order valence-electron chi connectivity index (χ1n) is 9.78. The van der Waals surface area contributed by atoms with Gasteiger partial charge in [-0.25, -0.2) is 4.98 Å². The number of hydrogen-bond donors (Lipinski definition) is 2. The Morgan fingerprint density at radius 2 is 2.23 bits per heavy atom. The van der Waals surface area contributed by atoms with Gasteiger partial charge in [0.05, 0.1) is 24.4 Å². The molecule has 0 saturated heterocycles. The zero-order chi connectivity index (χ0) is 18.5. The number of carbonyl (C=O) groups is 1. The maximum absolute atomic E-state index is 13.0. The van der Waals surface area contributed by atoms with Gasteiger partial charge in [0.2, 0.25) is 5.91 Å². The third kappa shape index (κ3) is 2.58. The number of aromatic amines is 1. The molecule has 0 aliphatic heterocycles. The summed E-state index contributed by atoms with van der Waals surface area (Å²) in [6.45, 7) is 9.03. The number of nitrogens with one attached hydrogen (secondary N) is 2. The molecular weight excluding hydrogens is 326 g/mol. The first-order chi connectivity index (χ1) is 12.4. The van der Waals surface area contributed by atoms with Crippen LogP contribution in [0.5, 0.6) is 0 Å². The minimum Gasteiger partial charge on any atom is -0.350 e. The number of fused-ring (bicyclic) bond motifs is 1. The van der Waals surface area contributed by atoms with E-state index in [1.54, 1.807) is 0 Å². The van der Waals surface area contributed by atoms with Gasteiger partial charge in [-0.2, -0.15) is 5.10 Å². The van der Waals surface area contributed by atoms with Gasteiger partial charge in [-0.3, -0.25) is 9.48 Å². The minimum absolute atomic E-state index is 0.0212. The van der Waals surface area contributed by atoms with E-state index in [-0.39, 0.29) is 17.2 Å². The Bertz CT molecular complexity index is 801. The first kappa shape index (κ1) is 17.3. The molecule has 3 atom stereocenters. The van der Waals surface area contributed by atoms with Crippen molar-refractivity contribution in [3.05, 3.63) is 35.7 Å². The maximum Gasteiger partial charge on any atom is 0.224 e. The number of amides is 1. The van der Waals surface area contributed by atoms with Crippen LogP contribution in [0.1, 0.15) is 76.1 Å². The molecule has 3 aliphatic carbocycles. The smallest absolute Gasteiger partial charge is 0.224 e.